The summed E-state index contributed by atoms with van der Waals surface area (Å²) in [4.78, 5) is 9.20. The summed E-state index contributed by atoms with van der Waals surface area (Å²) in [5.74, 6) is 2.32. The van der Waals surface area contributed by atoms with Gasteiger partial charge in [-0.15, -0.1) is 21.8 Å². The summed E-state index contributed by atoms with van der Waals surface area (Å²) < 4.78 is 3.96. The fourth-order valence-electron chi connectivity index (χ4n) is 2.18. The number of pyridine rings is 1. The van der Waals surface area contributed by atoms with Gasteiger partial charge < -0.3 is 9.13 Å². The first-order chi connectivity index (χ1) is 9.69. The van der Waals surface area contributed by atoms with Crippen LogP contribution in [0.25, 0.3) is 11.2 Å². The Bertz CT molecular complexity index is 744. The topological polar surface area (TPSA) is 61.4 Å². The SMILES string of the molecule is Cc1ccc2nc(CCCl)n(Cc3nncn3C)c2n1. The zero-order valence-electron chi connectivity index (χ0n) is 11.4. The van der Waals surface area contributed by atoms with Gasteiger partial charge >= 0.3 is 0 Å². The quantitative estimate of drug-likeness (QED) is 0.686. The number of rotatable bonds is 4. The molecule has 3 aromatic heterocycles. The summed E-state index contributed by atoms with van der Waals surface area (Å²) in [5, 5.41) is 8.03. The van der Waals surface area contributed by atoms with Crippen LogP contribution in [0, 0.1) is 6.92 Å². The van der Waals surface area contributed by atoms with Crippen LogP contribution in [-0.2, 0) is 20.0 Å². The molecule has 0 N–H and O–H groups in total. The fraction of sp³-hybridized carbons (Fsp3) is 0.385. The van der Waals surface area contributed by atoms with Crippen LogP contribution >= 0.6 is 11.6 Å². The molecule has 0 aromatic carbocycles. The van der Waals surface area contributed by atoms with E-state index < -0.39 is 0 Å². The van der Waals surface area contributed by atoms with Crippen LogP contribution in [0.2, 0.25) is 0 Å². The Hall–Kier alpha value is -1.95. The monoisotopic (exact) mass is 290 g/mol. The van der Waals surface area contributed by atoms with E-state index in [1.165, 1.54) is 0 Å². The lowest BCUT2D eigenvalue weighted by molar-refractivity contribution is 0.676. The lowest BCUT2D eigenvalue weighted by Crippen LogP contribution is -2.10. The van der Waals surface area contributed by atoms with Gasteiger partial charge in [-0.1, -0.05) is 0 Å². The Morgan fingerprint density at radius 3 is 2.75 bits per heavy atom. The molecule has 0 aliphatic rings. The Balaban J connectivity index is 2.12. The van der Waals surface area contributed by atoms with E-state index in [2.05, 4.69) is 24.7 Å². The number of fused-ring (bicyclic) bond motifs is 1. The molecule has 0 amide bonds. The van der Waals surface area contributed by atoms with Crippen molar-refractivity contribution in [2.24, 2.45) is 7.05 Å². The molecule has 3 heterocycles. The predicted molar refractivity (Wildman–Crippen MR) is 76.8 cm³/mol. The van der Waals surface area contributed by atoms with Crippen LogP contribution < -0.4 is 0 Å². The third-order valence-electron chi connectivity index (χ3n) is 3.23. The van der Waals surface area contributed by atoms with Crippen molar-refractivity contribution < 1.29 is 0 Å². The van der Waals surface area contributed by atoms with Gasteiger partial charge in [-0.25, -0.2) is 9.97 Å². The Labute approximate surface area is 121 Å². The van der Waals surface area contributed by atoms with E-state index in [4.69, 9.17) is 11.6 Å². The highest BCUT2D eigenvalue weighted by atomic mass is 35.5. The highest BCUT2D eigenvalue weighted by Crippen LogP contribution is 2.17. The lowest BCUT2D eigenvalue weighted by atomic mass is 10.3. The van der Waals surface area contributed by atoms with Gasteiger partial charge in [0.2, 0.25) is 0 Å². The summed E-state index contributed by atoms with van der Waals surface area (Å²) in [6.07, 6.45) is 2.39. The normalized spacial score (nSPS) is 11.3. The maximum atomic E-state index is 5.87. The molecule has 3 rings (SSSR count). The molecule has 0 atom stereocenters. The van der Waals surface area contributed by atoms with Gasteiger partial charge in [0.25, 0.3) is 0 Å². The molecule has 3 aromatic rings. The molecule has 0 aliphatic heterocycles. The number of aromatic nitrogens is 6. The smallest absolute Gasteiger partial charge is 0.160 e. The van der Waals surface area contributed by atoms with E-state index in [-0.39, 0.29) is 0 Å². The second-order valence-corrected chi connectivity index (χ2v) is 5.08. The third kappa shape index (κ3) is 2.27. The molecular weight excluding hydrogens is 276 g/mol. The molecule has 0 fully saturated rings. The number of nitrogens with zero attached hydrogens (tertiary/aromatic N) is 6. The maximum Gasteiger partial charge on any atom is 0.160 e. The number of aryl methyl sites for hydroxylation is 3. The summed E-state index contributed by atoms with van der Waals surface area (Å²) >= 11 is 5.87. The number of halogens is 1. The second kappa shape index (κ2) is 5.20. The number of imidazole rings is 1. The molecule has 0 saturated carbocycles. The van der Waals surface area contributed by atoms with Crippen LogP contribution in [0.15, 0.2) is 18.5 Å². The molecular formula is C13H15ClN6. The molecule has 0 aliphatic carbocycles. The molecule has 0 bridgehead atoms. The molecule has 7 heteroatoms. The highest BCUT2D eigenvalue weighted by Gasteiger charge is 2.14. The van der Waals surface area contributed by atoms with Crippen molar-refractivity contribution >= 4 is 22.8 Å². The third-order valence-corrected chi connectivity index (χ3v) is 3.42. The Morgan fingerprint density at radius 2 is 2.05 bits per heavy atom. The van der Waals surface area contributed by atoms with Crippen molar-refractivity contribution in [2.75, 3.05) is 5.88 Å². The lowest BCUT2D eigenvalue weighted by Gasteiger charge is -2.07. The molecule has 6 nitrogen and oxygen atoms in total. The first kappa shape index (κ1) is 13.1. The van der Waals surface area contributed by atoms with E-state index in [1.807, 2.05) is 30.7 Å². The summed E-state index contributed by atoms with van der Waals surface area (Å²) in [6, 6.07) is 3.95. The average Bonchev–Trinajstić information content (AvgIpc) is 2.96. The van der Waals surface area contributed by atoms with Crippen molar-refractivity contribution in [1.82, 2.24) is 29.3 Å². The minimum absolute atomic E-state index is 0.529. The minimum atomic E-state index is 0.529. The van der Waals surface area contributed by atoms with Gasteiger partial charge in [0.1, 0.15) is 17.7 Å². The van der Waals surface area contributed by atoms with Crippen LogP contribution in [0.5, 0.6) is 0 Å². The van der Waals surface area contributed by atoms with Gasteiger partial charge in [0, 0.05) is 25.0 Å². The number of alkyl halides is 1. The zero-order valence-corrected chi connectivity index (χ0v) is 12.2. The molecule has 0 radical (unpaired) electrons. The van der Waals surface area contributed by atoms with E-state index in [0.29, 0.717) is 18.8 Å². The van der Waals surface area contributed by atoms with Gasteiger partial charge in [0.05, 0.1) is 6.54 Å². The highest BCUT2D eigenvalue weighted by molar-refractivity contribution is 6.17. The van der Waals surface area contributed by atoms with Crippen molar-refractivity contribution in [3.8, 4) is 0 Å². The summed E-state index contributed by atoms with van der Waals surface area (Å²) in [7, 11) is 1.92. The standard InChI is InChI=1S/C13H15ClN6/c1-9-3-4-10-13(16-9)20(11(17-10)5-6-14)7-12-18-15-8-19(12)2/h3-4,8H,5-7H2,1-2H3. The van der Waals surface area contributed by atoms with E-state index in [0.717, 1.165) is 28.5 Å². The van der Waals surface area contributed by atoms with Crippen molar-refractivity contribution in [3.05, 3.63) is 35.8 Å². The first-order valence-corrected chi connectivity index (χ1v) is 6.94. The summed E-state index contributed by atoms with van der Waals surface area (Å²) in [6.45, 7) is 2.57. The molecule has 104 valence electrons. The summed E-state index contributed by atoms with van der Waals surface area (Å²) in [5.41, 5.74) is 2.72. The predicted octanol–water partition coefficient (Wildman–Crippen LogP) is 1.70. The van der Waals surface area contributed by atoms with Crippen molar-refractivity contribution in [3.63, 3.8) is 0 Å². The van der Waals surface area contributed by atoms with Crippen LogP contribution in [0.1, 0.15) is 17.3 Å². The van der Waals surface area contributed by atoms with E-state index in [9.17, 15) is 0 Å². The van der Waals surface area contributed by atoms with Gasteiger partial charge in [-0.3, -0.25) is 0 Å². The molecule has 0 unspecified atom stereocenters. The van der Waals surface area contributed by atoms with Crippen LogP contribution in [-0.4, -0.2) is 35.2 Å². The largest absolute Gasteiger partial charge is 0.319 e. The second-order valence-electron chi connectivity index (χ2n) is 4.71. The average molecular weight is 291 g/mol. The van der Waals surface area contributed by atoms with Gasteiger partial charge in [-0.2, -0.15) is 0 Å². The molecule has 0 spiro atoms. The van der Waals surface area contributed by atoms with Crippen LogP contribution in [0.3, 0.4) is 0 Å². The van der Waals surface area contributed by atoms with E-state index in [1.54, 1.807) is 6.33 Å². The Kier molecular flexibility index (Phi) is 3.40. The number of hydrogen-bond donors (Lipinski definition) is 0. The van der Waals surface area contributed by atoms with Crippen molar-refractivity contribution in [2.45, 2.75) is 19.9 Å². The van der Waals surface area contributed by atoms with Gasteiger partial charge in [0.15, 0.2) is 11.5 Å². The zero-order chi connectivity index (χ0) is 14.1. The number of hydrogen-bond acceptors (Lipinski definition) is 4. The van der Waals surface area contributed by atoms with Crippen LogP contribution in [0.4, 0.5) is 0 Å². The Morgan fingerprint density at radius 1 is 1.20 bits per heavy atom. The molecule has 20 heavy (non-hydrogen) atoms. The fourth-order valence-corrected chi connectivity index (χ4v) is 2.35. The van der Waals surface area contributed by atoms with E-state index >= 15 is 0 Å². The maximum absolute atomic E-state index is 5.87. The van der Waals surface area contributed by atoms with Crippen molar-refractivity contribution in [1.29, 1.82) is 0 Å². The van der Waals surface area contributed by atoms with Gasteiger partial charge in [-0.05, 0) is 19.1 Å². The molecule has 0 saturated heterocycles. The first-order valence-electron chi connectivity index (χ1n) is 6.40. The minimum Gasteiger partial charge on any atom is -0.319 e.